The average molecular weight is 407 g/mol. The van der Waals surface area contributed by atoms with Crippen LogP contribution in [0.2, 0.25) is 0 Å². The molecule has 5 rings (SSSR count). The summed E-state index contributed by atoms with van der Waals surface area (Å²) in [7, 11) is 1.69. The summed E-state index contributed by atoms with van der Waals surface area (Å²) < 4.78 is 18.8. The number of anilines is 2. The molecule has 0 amide bonds. The van der Waals surface area contributed by atoms with Gasteiger partial charge in [-0.2, -0.15) is 5.10 Å². The minimum absolute atomic E-state index is 0.319. The van der Waals surface area contributed by atoms with E-state index >= 15 is 0 Å². The summed E-state index contributed by atoms with van der Waals surface area (Å²) in [6.07, 6.45) is 6.77. The summed E-state index contributed by atoms with van der Waals surface area (Å²) in [4.78, 5) is 8.26. The Labute approximate surface area is 172 Å². The van der Waals surface area contributed by atoms with Crippen molar-refractivity contribution in [3.8, 4) is 17.0 Å². The van der Waals surface area contributed by atoms with Crippen LogP contribution in [0.5, 0.6) is 5.88 Å². The molecule has 0 spiro atoms. The highest BCUT2D eigenvalue weighted by molar-refractivity contribution is 5.75. The van der Waals surface area contributed by atoms with Gasteiger partial charge in [0.15, 0.2) is 5.82 Å². The molecule has 0 atom stereocenters. The molecule has 4 aromatic rings. The Morgan fingerprint density at radius 3 is 2.90 bits per heavy atom. The Kier molecular flexibility index (Phi) is 4.57. The molecule has 1 saturated heterocycles. The van der Waals surface area contributed by atoms with Crippen molar-refractivity contribution in [1.29, 1.82) is 0 Å². The Morgan fingerprint density at radius 1 is 1.27 bits per heavy atom. The molecule has 0 bridgehead atoms. The van der Waals surface area contributed by atoms with Crippen molar-refractivity contribution >= 4 is 17.2 Å². The lowest BCUT2D eigenvalue weighted by molar-refractivity contribution is -0.0802. The van der Waals surface area contributed by atoms with Crippen molar-refractivity contribution in [2.24, 2.45) is 0 Å². The highest BCUT2D eigenvalue weighted by Gasteiger charge is 2.38. The first kappa shape index (κ1) is 18.5. The van der Waals surface area contributed by atoms with E-state index in [-0.39, 0.29) is 5.60 Å². The van der Waals surface area contributed by atoms with E-state index in [1.807, 2.05) is 31.3 Å². The number of nitrogens with one attached hydrogen (secondary N) is 2. The fourth-order valence-electron chi connectivity index (χ4n) is 3.39. The van der Waals surface area contributed by atoms with Gasteiger partial charge in [0.05, 0.1) is 17.3 Å². The first-order valence-corrected chi connectivity index (χ1v) is 9.54. The Hall–Kier alpha value is -3.50. The molecule has 1 aliphatic rings. The van der Waals surface area contributed by atoms with Crippen molar-refractivity contribution in [2.75, 3.05) is 32.1 Å². The zero-order valence-corrected chi connectivity index (χ0v) is 16.6. The van der Waals surface area contributed by atoms with Gasteiger partial charge in [0.1, 0.15) is 23.8 Å². The lowest BCUT2D eigenvalue weighted by Crippen LogP contribution is -2.63. The smallest absolute Gasteiger partial charge is 0.262 e. The Morgan fingerprint density at radius 2 is 2.17 bits per heavy atom. The normalized spacial score (nSPS) is 15.1. The van der Waals surface area contributed by atoms with E-state index < -0.39 is 0 Å². The molecule has 4 aromatic heterocycles. The summed E-state index contributed by atoms with van der Waals surface area (Å²) in [6.45, 7) is 3.77. The molecule has 1 fully saturated rings. The Balaban J connectivity index is 1.41. The minimum atomic E-state index is -0.319. The lowest BCUT2D eigenvalue weighted by Gasteiger charge is -2.40. The molecule has 30 heavy (non-hydrogen) atoms. The molecule has 0 saturated carbocycles. The van der Waals surface area contributed by atoms with E-state index in [0.29, 0.717) is 29.9 Å². The van der Waals surface area contributed by atoms with Crippen LogP contribution in [0, 0.1) is 6.92 Å². The maximum atomic E-state index is 5.99. The van der Waals surface area contributed by atoms with Crippen molar-refractivity contribution in [3.05, 3.63) is 48.7 Å². The maximum Gasteiger partial charge on any atom is 0.262 e. The van der Waals surface area contributed by atoms with Crippen LogP contribution >= 0.6 is 0 Å². The van der Waals surface area contributed by atoms with Gasteiger partial charge < -0.3 is 24.6 Å². The van der Waals surface area contributed by atoms with E-state index in [2.05, 4.69) is 30.9 Å². The van der Waals surface area contributed by atoms with Crippen LogP contribution in [0.25, 0.3) is 16.6 Å². The zero-order chi connectivity index (χ0) is 20.6. The van der Waals surface area contributed by atoms with Crippen molar-refractivity contribution in [1.82, 2.24) is 30.1 Å². The summed E-state index contributed by atoms with van der Waals surface area (Å²) in [6, 6.07) is 5.90. The van der Waals surface area contributed by atoms with Crippen LogP contribution in [-0.2, 0) is 4.74 Å². The third-order valence-corrected chi connectivity index (χ3v) is 5.20. The second-order valence-electron chi connectivity index (χ2n) is 7.23. The van der Waals surface area contributed by atoms with Gasteiger partial charge in [-0.25, -0.2) is 9.50 Å². The van der Waals surface area contributed by atoms with Crippen molar-refractivity contribution < 1.29 is 14.0 Å². The summed E-state index contributed by atoms with van der Waals surface area (Å²) in [5, 5.41) is 15.0. The molecule has 0 aromatic carbocycles. The monoisotopic (exact) mass is 407 g/mol. The van der Waals surface area contributed by atoms with Crippen LogP contribution in [0.15, 0.2) is 47.5 Å². The second kappa shape index (κ2) is 7.39. The number of hydrogen-bond acceptors (Lipinski definition) is 9. The topological polar surface area (TPSA) is 112 Å². The highest BCUT2D eigenvalue weighted by atomic mass is 16.6. The molecule has 2 N–H and O–H groups in total. The van der Waals surface area contributed by atoms with Gasteiger partial charge >= 0.3 is 0 Å². The number of rotatable bonds is 7. The van der Waals surface area contributed by atoms with Gasteiger partial charge in [-0.15, -0.1) is 0 Å². The molecule has 0 radical (unpaired) electrons. The summed E-state index contributed by atoms with van der Waals surface area (Å²) >= 11 is 0. The number of hydrogen-bond donors (Lipinski definition) is 2. The number of fused-ring (bicyclic) bond motifs is 1. The van der Waals surface area contributed by atoms with Gasteiger partial charge in [-0.1, -0.05) is 0 Å². The van der Waals surface area contributed by atoms with Gasteiger partial charge in [-0.05, 0) is 29.8 Å². The molecule has 5 heterocycles. The van der Waals surface area contributed by atoms with E-state index in [1.165, 1.54) is 0 Å². The fraction of sp³-hybridized carbons (Fsp3) is 0.300. The average Bonchev–Trinajstić information content (AvgIpc) is 3.30. The molecule has 0 aliphatic carbocycles. The molecule has 154 valence electrons. The first-order valence-electron chi connectivity index (χ1n) is 9.54. The van der Waals surface area contributed by atoms with Crippen LogP contribution < -0.4 is 15.4 Å². The van der Waals surface area contributed by atoms with Gasteiger partial charge in [0.25, 0.3) is 5.88 Å². The van der Waals surface area contributed by atoms with Crippen molar-refractivity contribution in [2.45, 2.75) is 12.5 Å². The van der Waals surface area contributed by atoms with Gasteiger partial charge in [-0.3, -0.25) is 4.98 Å². The third-order valence-electron chi connectivity index (χ3n) is 5.20. The van der Waals surface area contributed by atoms with E-state index in [9.17, 15) is 0 Å². The highest BCUT2D eigenvalue weighted by Crippen LogP contribution is 2.34. The minimum Gasteiger partial charge on any atom is -0.472 e. The predicted molar refractivity (Wildman–Crippen MR) is 109 cm³/mol. The number of aryl methyl sites for hydroxylation is 1. The molecule has 10 nitrogen and oxygen atoms in total. The fourth-order valence-corrected chi connectivity index (χ4v) is 3.39. The lowest BCUT2D eigenvalue weighted by atomic mass is 9.98. The van der Waals surface area contributed by atoms with Crippen LogP contribution in [0.3, 0.4) is 0 Å². The van der Waals surface area contributed by atoms with Crippen LogP contribution in [-0.4, -0.2) is 57.1 Å². The van der Waals surface area contributed by atoms with E-state index in [0.717, 1.165) is 29.7 Å². The first-order chi connectivity index (χ1) is 14.7. The van der Waals surface area contributed by atoms with Gasteiger partial charge in [0.2, 0.25) is 0 Å². The molecular weight excluding hydrogens is 386 g/mol. The van der Waals surface area contributed by atoms with Crippen molar-refractivity contribution in [3.63, 3.8) is 0 Å². The van der Waals surface area contributed by atoms with Gasteiger partial charge in [0, 0.05) is 44.9 Å². The van der Waals surface area contributed by atoms with Crippen LogP contribution in [0.4, 0.5) is 11.6 Å². The maximum absolute atomic E-state index is 5.99. The largest absolute Gasteiger partial charge is 0.472 e. The third kappa shape index (κ3) is 3.36. The Bertz CT molecular complexity index is 1160. The van der Waals surface area contributed by atoms with E-state index in [1.54, 1.807) is 30.2 Å². The standard InChI is InChI=1S/C20H21N7O3/c1-13-18(19(26-30-13)29-12-20(28-2)10-22-11-20)14-3-6-27-15(7-14)8-16(25-27)24-17-9-21-4-5-23-17/h3-9,22H,10-12H2,1-2H3,(H,23,24,25). The number of ether oxygens (including phenoxy) is 2. The molecule has 1 aliphatic heterocycles. The van der Waals surface area contributed by atoms with E-state index in [4.69, 9.17) is 14.0 Å². The SMILES string of the molecule is COC1(COc2noc(C)c2-c2ccn3nc(Nc4cnccn4)cc3c2)CNC1. The number of nitrogens with zero attached hydrogens (tertiary/aromatic N) is 5. The quantitative estimate of drug-likeness (QED) is 0.476. The molecule has 0 unspecified atom stereocenters. The summed E-state index contributed by atoms with van der Waals surface area (Å²) in [5.41, 5.74) is 2.34. The number of methoxy groups -OCH3 is 1. The predicted octanol–water partition coefficient (Wildman–Crippen LogP) is 2.20. The number of aromatic nitrogens is 5. The second-order valence-corrected chi connectivity index (χ2v) is 7.23. The molecule has 10 heteroatoms. The van der Waals surface area contributed by atoms with Crippen LogP contribution in [0.1, 0.15) is 5.76 Å². The number of pyridine rings is 1. The molecular formula is C20H21N7O3. The summed E-state index contributed by atoms with van der Waals surface area (Å²) in [5.74, 6) is 2.44. The zero-order valence-electron chi connectivity index (χ0n) is 16.6.